The van der Waals surface area contributed by atoms with Gasteiger partial charge in [0.2, 0.25) is 0 Å². The number of pyridine rings is 1. The summed E-state index contributed by atoms with van der Waals surface area (Å²) in [5.74, 6) is -0.425. The van der Waals surface area contributed by atoms with E-state index in [-0.39, 0.29) is 11.7 Å². The van der Waals surface area contributed by atoms with Crippen molar-refractivity contribution >= 4 is 17.2 Å². The van der Waals surface area contributed by atoms with Gasteiger partial charge in [-0.25, -0.2) is 13.7 Å². The van der Waals surface area contributed by atoms with Crippen molar-refractivity contribution in [1.82, 2.24) is 19.4 Å². The fourth-order valence-electron chi connectivity index (χ4n) is 3.16. The van der Waals surface area contributed by atoms with E-state index in [2.05, 4.69) is 21.4 Å². The summed E-state index contributed by atoms with van der Waals surface area (Å²) in [5.41, 5.74) is 2.30. The molecule has 4 rings (SSSR count). The normalized spacial score (nSPS) is 15.3. The Morgan fingerprint density at radius 2 is 1.85 bits per heavy atom. The number of amides is 2. The number of anilines is 1. The molecule has 1 saturated heterocycles. The van der Waals surface area contributed by atoms with Crippen LogP contribution in [0.1, 0.15) is 5.69 Å². The first-order chi connectivity index (χ1) is 12.7. The molecule has 1 aliphatic heterocycles. The van der Waals surface area contributed by atoms with Crippen LogP contribution < -0.4 is 5.32 Å². The number of halogens is 1. The van der Waals surface area contributed by atoms with Gasteiger partial charge in [-0.2, -0.15) is 5.10 Å². The first-order valence-electron chi connectivity index (χ1n) is 8.65. The molecule has 3 aromatic rings. The SMILES string of the molecule is O=C(Nc1ccccc1F)N1CCN(Cc2cc3ccccn3n2)CC1. The Kier molecular flexibility index (Phi) is 4.53. The molecule has 1 aliphatic rings. The summed E-state index contributed by atoms with van der Waals surface area (Å²) in [6.07, 6.45) is 1.93. The van der Waals surface area contributed by atoms with Crippen molar-refractivity contribution in [3.63, 3.8) is 0 Å². The molecule has 6 nitrogen and oxygen atoms in total. The van der Waals surface area contributed by atoms with Crippen LogP contribution >= 0.6 is 0 Å². The first kappa shape index (κ1) is 16.5. The molecule has 7 heteroatoms. The molecule has 26 heavy (non-hydrogen) atoms. The zero-order valence-corrected chi connectivity index (χ0v) is 14.3. The summed E-state index contributed by atoms with van der Waals surface area (Å²) in [4.78, 5) is 16.3. The van der Waals surface area contributed by atoms with E-state index in [1.54, 1.807) is 23.1 Å². The Labute approximate surface area is 150 Å². The van der Waals surface area contributed by atoms with E-state index >= 15 is 0 Å². The van der Waals surface area contributed by atoms with Gasteiger partial charge in [0.25, 0.3) is 0 Å². The zero-order chi connectivity index (χ0) is 17.9. The molecule has 1 aromatic carbocycles. The summed E-state index contributed by atoms with van der Waals surface area (Å²) in [5, 5.41) is 7.21. The number of nitrogens with zero attached hydrogens (tertiary/aromatic N) is 4. The van der Waals surface area contributed by atoms with Crippen molar-refractivity contribution in [3.05, 3.63) is 66.2 Å². The van der Waals surface area contributed by atoms with Crippen LogP contribution in [0.4, 0.5) is 14.9 Å². The summed E-state index contributed by atoms with van der Waals surface area (Å²) in [6.45, 7) is 3.49. The number of hydrogen-bond donors (Lipinski definition) is 1. The van der Waals surface area contributed by atoms with Gasteiger partial charge in [-0.05, 0) is 30.3 Å². The number of piperazine rings is 1. The fourth-order valence-corrected chi connectivity index (χ4v) is 3.16. The molecule has 1 N–H and O–H groups in total. The van der Waals surface area contributed by atoms with Crippen molar-refractivity contribution in [1.29, 1.82) is 0 Å². The molecular weight excluding hydrogens is 333 g/mol. The topological polar surface area (TPSA) is 52.9 Å². The minimum Gasteiger partial charge on any atom is -0.322 e. The maximum atomic E-state index is 13.7. The molecule has 0 radical (unpaired) electrons. The highest BCUT2D eigenvalue weighted by atomic mass is 19.1. The predicted molar refractivity (Wildman–Crippen MR) is 97.5 cm³/mol. The highest BCUT2D eigenvalue weighted by Crippen LogP contribution is 2.15. The second kappa shape index (κ2) is 7.13. The second-order valence-corrected chi connectivity index (χ2v) is 6.38. The number of benzene rings is 1. The van der Waals surface area contributed by atoms with Crippen LogP contribution in [0.25, 0.3) is 5.52 Å². The third-order valence-corrected chi connectivity index (χ3v) is 4.58. The largest absolute Gasteiger partial charge is 0.322 e. The highest BCUT2D eigenvalue weighted by molar-refractivity contribution is 5.89. The van der Waals surface area contributed by atoms with Crippen LogP contribution in [0.15, 0.2) is 54.7 Å². The van der Waals surface area contributed by atoms with Crippen LogP contribution in [-0.4, -0.2) is 51.6 Å². The second-order valence-electron chi connectivity index (χ2n) is 6.38. The summed E-state index contributed by atoms with van der Waals surface area (Å²) in [7, 11) is 0. The van der Waals surface area contributed by atoms with Gasteiger partial charge in [-0.3, -0.25) is 4.90 Å². The molecular formula is C19H20FN5O. The van der Waals surface area contributed by atoms with E-state index in [0.29, 0.717) is 13.1 Å². The van der Waals surface area contributed by atoms with Crippen molar-refractivity contribution < 1.29 is 9.18 Å². The minimum atomic E-state index is -0.425. The zero-order valence-electron chi connectivity index (χ0n) is 14.3. The lowest BCUT2D eigenvalue weighted by atomic mass is 10.3. The summed E-state index contributed by atoms with van der Waals surface area (Å²) < 4.78 is 15.5. The Bertz CT molecular complexity index is 884. The Morgan fingerprint density at radius 1 is 1.08 bits per heavy atom. The minimum absolute atomic E-state index is 0.213. The molecule has 2 aromatic heterocycles. The van der Waals surface area contributed by atoms with Crippen molar-refractivity contribution in [3.8, 4) is 0 Å². The van der Waals surface area contributed by atoms with Crippen molar-refractivity contribution in [2.45, 2.75) is 6.54 Å². The van der Waals surface area contributed by atoms with Crippen LogP contribution in [0.3, 0.4) is 0 Å². The maximum Gasteiger partial charge on any atom is 0.322 e. The third-order valence-electron chi connectivity index (χ3n) is 4.58. The number of carbonyl (C=O) groups is 1. The predicted octanol–water partition coefficient (Wildman–Crippen LogP) is 2.82. The number of carbonyl (C=O) groups excluding carboxylic acids is 1. The average molecular weight is 353 g/mol. The van der Waals surface area contributed by atoms with E-state index in [1.807, 2.05) is 28.9 Å². The van der Waals surface area contributed by atoms with Gasteiger partial charge in [0.15, 0.2) is 0 Å². The van der Waals surface area contributed by atoms with Gasteiger partial charge in [0.05, 0.1) is 16.9 Å². The molecule has 1 fully saturated rings. The summed E-state index contributed by atoms with van der Waals surface area (Å²) in [6, 6.07) is 14.0. The van der Waals surface area contributed by atoms with Gasteiger partial charge in [-0.1, -0.05) is 18.2 Å². The standard InChI is InChI=1S/C19H20FN5O/c20-17-6-1-2-7-18(17)21-19(26)24-11-9-23(10-12-24)14-15-13-16-5-3-4-8-25(16)22-15/h1-8,13H,9-12,14H2,(H,21,26). The van der Waals surface area contributed by atoms with Crippen LogP contribution in [-0.2, 0) is 6.54 Å². The van der Waals surface area contributed by atoms with Gasteiger partial charge in [-0.15, -0.1) is 0 Å². The number of nitrogens with one attached hydrogen (secondary N) is 1. The molecule has 0 atom stereocenters. The molecule has 0 saturated carbocycles. The van der Waals surface area contributed by atoms with E-state index in [0.717, 1.165) is 30.8 Å². The van der Waals surface area contributed by atoms with E-state index in [9.17, 15) is 9.18 Å². The van der Waals surface area contributed by atoms with Gasteiger partial charge in [0.1, 0.15) is 5.82 Å². The molecule has 3 heterocycles. The number of urea groups is 1. The monoisotopic (exact) mass is 353 g/mol. The molecule has 0 unspecified atom stereocenters. The van der Waals surface area contributed by atoms with Crippen LogP contribution in [0.2, 0.25) is 0 Å². The third kappa shape index (κ3) is 3.52. The molecule has 0 aliphatic carbocycles. The number of aromatic nitrogens is 2. The maximum absolute atomic E-state index is 13.7. The molecule has 0 bridgehead atoms. The number of fused-ring (bicyclic) bond motifs is 1. The van der Waals surface area contributed by atoms with Crippen molar-refractivity contribution in [2.75, 3.05) is 31.5 Å². The van der Waals surface area contributed by atoms with E-state index < -0.39 is 5.82 Å². The van der Waals surface area contributed by atoms with Crippen LogP contribution in [0.5, 0.6) is 0 Å². The quantitative estimate of drug-likeness (QED) is 0.788. The molecule has 2 amide bonds. The first-order valence-corrected chi connectivity index (χ1v) is 8.65. The number of rotatable bonds is 3. The van der Waals surface area contributed by atoms with Crippen LogP contribution in [0, 0.1) is 5.82 Å². The van der Waals surface area contributed by atoms with E-state index in [4.69, 9.17) is 0 Å². The van der Waals surface area contributed by atoms with E-state index in [1.165, 1.54) is 6.07 Å². The number of para-hydroxylation sites is 1. The number of hydrogen-bond acceptors (Lipinski definition) is 3. The highest BCUT2D eigenvalue weighted by Gasteiger charge is 2.22. The molecule has 134 valence electrons. The Hall–Kier alpha value is -2.93. The summed E-state index contributed by atoms with van der Waals surface area (Å²) >= 11 is 0. The van der Waals surface area contributed by atoms with Gasteiger partial charge in [0, 0.05) is 38.9 Å². The fraction of sp³-hybridized carbons (Fsp3) is 0.263. The lowest BCUT2D eigenvalue weighted by Gasteiger charge is -2.34. The Morgan fingerprint density at radius 3 is 2.62 bits per heavy atom. The van der Waals surface area contributed by atoms with Gasteiger partial charge >= 0.3 is 6.03 Å². The lowest BCUT2D eigenvalue weighted by Crippen LogP contribution is -2.49. The lowest BCUT2D eigenvalue weighted by molar-refractivity contribution is 0.142. The average Bonchev–Trinajstić information content (AvgIpc) is 3.06. The Balaban J connectivity index is 1.32. The molecule has 0 spiro atoms. The van der Waals surface area contributed by atoms with Crippen molar-refractivity contribution in [2.24, 2.45) is 0 Å². The van der Waals surface area contributed by atoms with Gasteiger partial charge < -0.3 is 10.2 Å². The smallest absolute Gasteiger partial charge is 0.322 e.